The van der Waals surface area contributed by atoms with Crippen molar-refractivity contribution in [1.29, 1.82) is 0 Å². The van der Waals surface area contributed by atoms with Crippen molar-refractivity contribution in [3.8, 4) is 0 Å². The average Bonchev–Trinajstić information content (AvgIpc) is 2.30. The van der Waals surface area contributed by atoms with Crippen LogP contribution in [-0.2, 0) is 10.0 Å². The fourth-order valence-electron chi connectivity index (χ4n) is 1.11. The molecule has 0 aliphatic carbocycles. The molecule has 0 spiro atoms. The predicted octanol–water partition coefficient (Wildman–Crippen LogP) is 2.81. The second-order valence-corrected chi connectivity index (χ2v) is 6.23. The highest BCUT2D eigenvalue weighted by atomic mass is 127. The number of rotatable bonds is 5. The van der Waals surface area contributed by atoms with Gasteiger partial charge in [0.1, 0.15) is 0 Å². The van der Waals surface area contributed by atoms with E-state index in [2.05, 4.69) is 0 Å². The molecule has 0 aliphatic rings. The lowest BCUT2D eigenvalue weighted by atomic mass is 10.3. The van der Waals surface area contributed by atoms with Crippen LogP contribution in [0.1, 0.15) is 6.42 Å². The molecule has 0 saturated carbocycles. The topological polar surface area (TPSA) is 46.2 Å². The molecule has 0 saturated heterocycles. The molecule has 1 rings (SSSR count). The van der Waals surface area contributed by atoms with Gasteiger partial charge in [-0.05, 0) is 29.0 Å². The van der Waals surface area contributed by atoms with Crippen molar-refractivity contribution < 1.29 is 26.0 Å². The molecule has 0 radical (unpaired) electrons. The lowest BCUT2D eigenvalue weighted by Gasteiger charge is -2.10. The number of nitrogens with one attached hydrogen (secondary N) is 1. The Bertz CT molecular complexity index is 550. The maximum absolute atomic E-state index is 13.5. The van der Waals surface area contributed by atoms with E-state index in [1.807, 2.05) is 0 Å². The van der Waals surface area contributed by atoms with Gasteiger partial charge in [-0.3, -0.25) is 9.11 Å². The van der Waals surface area contributed by atoms with E-state index in [4.69, 9.17) is 0 Å². The van der Waals surface area contributed by atoms with E-state index in [1.165, 1.54) is 22.6 Å². The van der Waals surface area contributed by atoms with Crippen LogP contribution in [-0.4, -0.2) is 20.8 Å². The van der Waals surface area contributed by atoms with Crippen molar-refractivity contribution in [2.45, 2.75) is 6.42 Å². The Morgan fingerprint density at radius 3 is 2.39 bits per heavy atom. The van der Waals surface area contributed by atoms with Crippen molar-refractivity contribution >= 4 is 38.3 Å². The molecule has 0 fully saturated rings. The third kappa shape index (κ3) is 3.70. The molecular weight excluding hydrogens is 389 g/mol. The molecule has 0 bridgehead atoms. The van der Waals surface area contributed by atoms with Crippen molar-refractivity contribution in [3.05, 3.63) is 27.1 Å². The van der Waals surface area contributed by atoms with Crippen molar-refractivity contribution in [2.75, 3.05) is 17.1 Å². The number of alkyl halides is 1. The summed E-state index contributed by atoms with van der Waals surface area (Å²) in [6.45, 7) is -0.849. The van der Waals surface area contributed by atoms with Crippen molar-refractivity contribution in [1.82, 2.24) is 0 Å². The fourth-order valence-corrected chi connectivity index (χ4v) is 2.73. The molecule has 0 aliphatic heterocycles. The monoisotopic (exact) mass is 397 g/mol. The maximum Gasteiger partial charge on any atom is 0.232 e. The molecule has 0 heterocycles. The second-order valence-electron chi connectivity index (χ2n) is 3.31. The van der Waals surface area contributed by atoms with Gasteiger partial charge in [-0.2, -0.15) is 0 Å². The van der Waals surface area contributed by atoms with Gasteiger partial charge in [-0.15, -0.1) is 0 Å². The Balaban J connectivity index is 3.06. The molecule has 0 amide bonds. The summed E-state index contributed by atoms with van der Waals surface area (Å²) in [4.78, 5) is 0. The molecule has 0 atom stereocenters. The highest BCUT2D eigenvalue weighted by Gasteiger charge is 2.20. The summed E-state index contributed by atoms with van der Waals surface area (Å²) in [5.74, 6) is -4.54. The Hall–Kier alpha value is -0.580. The molecular formula is C9H8F4INO2S. The van der Waals surface area contributed by atoms with Crippen LogP contribution in [0.3, 0.4) is 0 Å². The predicted molar refractivity (Wildman–Crippen MR) is 67.0 cm³/mol. The minimum absolute atomic E-state index is 0.266. The molecule has 102 valence electrons. The number of sulfonamides is 1. The summed E-state index contributed by atoms with van der Waals surface area (Å²) in [7, 11) is -3.99. The van der Waals surface area contributed by atoms with Gasteiger partial charge < -0.3 is 0 Å². The lowest BCUT2D eigenvalue weighted by molar-refractivity contribution is 0.484. The van der Waals surface area contributed by atoms with Gasteiger partial charge in [-0.1, -0.05) is 0 Å². The van der Waals surface area contributed by atoms with E-state index in [0.29, 0.717) is 6.07 Å². The Morgan fingerprint density at radius 2 is 1.83 bits per heavy atom. The third-order valence-electron chi connectivity index (χ3n) is 1.91. The molecule has 1 aromatic carbocycles. The van der Waals surface area contributed by atoms with Crippen LogP contribution in [0, 0.1) is 21.0 Å². The van der Waals surface area contributed by atoms with Gasteiger partial charge in [0, 0.05) is 6.07 Å². The molecule has 1 N–H and O–H groups in total. The van der Waals surface area contributed by atoms with Gasteiger partial charge in [0.15, 0.2) is 17.5 Å². The lowest BCUT2D eigenvalue weighted by Crippen LogP contribution is -2.18. The van der Waals surface area contributed by atoms with E-state index >= 15 is 0 Å². The molecule has 0 unspecified atom stereocenters. The highest BCUT2D eigenvalue weighted by molar-refractivity contribution is 14.1. The fraction of sp³-hybridized carbons (Fsp3) is 0.333. The highest BCUT2D eigenvalue weighted by Crippen LogP contribution is 2.26. The zero-order chi connectivity index (χ0) is 13.9. The van der Waals surface area contributed by atoms with Crippen LogP contribution < -0.4 is 4.72 Å². The second kappa shape index (κ2) is 6.04. The van der Waals surface area contributed by atoms with Crippen LogP contribution in [0.15, 0.2) is 6.07 Å². The molecule has 1 aromatic rings. The number of halogens is 5. The quantitative estimate of drug-likeness (QED) is 0.360. The third-order valence-corrected chi connectivity index (χ3v) is 4.22. The first-order valence-electron chi connectivity index (χ1n) is 4.68. The summed E-state index contributed by atoms with van der Waals surface area (Å²) in [5, 5.41) is 0. The van der Waals surface area contributed by atoms with Gasteiger partial charge >= 0.3 is 0 Å². The molecule has 0 aromatic heterocycles. The van der Waals surface area contributed by atoms with Gasteiger partial charge in [-0.25, -0.2) is 21.6 Å². The van der Waals surface area contributed by atoms with Crippen molar-refractivity contribution in [3.63, 3.8) is 0 Å². The normalized spacial score (nSPS) is 11.6. The minimum Gasteiger partial charge on any atom is -0.280 e. The van der Waals surface area contributed by atoms with Crippen LogP contribution in [0.25, 0.3) is 0 Å². The number of hydrogen-bond acceptors (Lipinski definition) is 2. The SMILES string of the molecule is O=S(=O)(CCCF)Nc1cc(F)c(F)c(I)c1F. The first-order chi connectivity index (χ1) is 8.28. The van der Waals surface area contributed by atoms with Crippen LogP contribution in [0.5, 0.6) is 0 Å². The number of benzene rings is 1. The standard InChI is InChI=1S/C9H8F4INO2S/c10-2-1-3-18(16,17)15-6-4-5(11)7(12)9(14)8(6)13/h4,15H,1-3H2. The van der Waals surface area contributed by atoms with Crippen LogP contribution >= 0.6 is 22.6 Å². The molecule has 3 nitrogen and oxygen atoms in total. The Kier molecular flexibility index (Phi) is 5.20. The van der Waals surface area contributed by atoms with Crippen LogP contribution in [0.4, 0.5) is 23.2 Å². The van der Waals surface area contributed by atoms with E-state index in [1.54, 1.807) is 4.72 Å². The number of anilines is 1. The first kappa shape index (κ1) is 15.5. The number of hydrogen-bond donors (Lipinski definition) is 1. The summed E-state index contributed by atoms with van der Waals surface area (Å²) >= 11 is 1.22. The minimum atomic E-state index is -3.99. The van der Waals surface area contributed by atoms with Crippen LogP contribution in [0.2, 0.25) is 0 Å². The van der Waals surface area contributed by atoms with E-state index in [-0.39, 0.29) is 6.42 Å². The molecule has 9 heteroatoms. The largest absolute Gasteiger partial charge is 0.280 e. The van der Waals surface area contributed by atoms with Gasteiger partial charge in [0.25, 0.3) is 0 Å². The summed E-state index contributed by atoms with van der Waals surface area (Å²) < 4.78 is 75.1. The Labute approximate surface area is 115 Å². The average molecular weight is 397 g/mol. The van der Waals surface area contributed by atoms with E-state index in [9.17, 15) is 26.0 Å². The smallest absolute Gasteiger partial charge is 0.232 e. The summed E-state index contributed by atoms with van der Waals surface area (Å²) in [6.07, 6.45) is -0.266. The summed E-state index contributed by atoms with van der Waals surface area (Å²) in [5.41, 5.74) is -0.697. The Morgan fingerprint density at radius 1 is 1.22 bits per heavy atom. The zero-order valence-corrected chi connectivity index (χ0v) is 11.8. The van der Waals surface area contributed by atoms with Gasteiger partial charge in [0.2, 0.25) is 10.0 Å². The van der Waals surface area contributed by atoms with Crippen molar-refractivity contribution in [2.24, 2.45) is 0 Å². The zero-order valence-electron chi connectivity index (χ0n) is 8.81. The van der Waals surface area contributed by atoms with E-state index in [0.717, 1.165) is 0 Å². The van der Waals surface area contributed by atoms with Gasteiger partial charge in [0.05, 0.1) is 21.7 Å². The molecule has 18 heavy (non-hydrogen) atoms. The first-order valence-corrected chi connectivity index (χ1v) is 7.41. The van der Waals surface area contributed by atoms with E-state index < -0.39 is 49.2 Å². The maximum atomic E-state index is 13.5. The summed E-state index contributed by atoms with van der Waals surface area (Å²) in [6, 6.07) is 0.403.